The lowest BCUT2D eigenvalue weighted by molar-refractivity contribution is 0.00948. The Kier molecular flexibility index (Phi) is 5.10. The third kappa shape index (κ3) is 4.43. The molecule has 2 nitrogen and oxygen atoms in total. The van der Waals surface area contributed by atoms with Crippen LogP contribution in [0.1, 0.15) is 53.9 Å². The molecular weight excluding hydrogens is 174 g/mol. The molecule has 0 rings (SSSR count). The smallest absolute Gasteiger partial charge is 0.0623 e. The number of hydrogen-bond acceptors (Lipinski definition) is 2. The molecule has 0 saturated heterocycles. The van der Waals surface area contributed by atoms with E-state index < -0.39 is 0 Å². The van der Waals surface area contributed by atoms with Crippen molar-refractivity contribution in [2.24, 2.45) is 11.1 Å². The van der Waals surface area contributed by atoms with E-state index in [0.29, 0.717) is 0 Å². The van der Waals surface area contributed by atoms with Crippen molar-refractivity contribution in [2.75, 3.05) is 7.11 Å². The van der Waals surface area contributed by atoms with Gasteiger partial charge in [-0.3, -0.25) is 0 Å². The summed E-state index contributed by atoms with van der Waals surface area (Å²) in [5, 5.41) is 0. The molecule has 0 aliphatic rings. The molecule has 1 unspecified atom stereocenters. The van der Waals surface area contributed by atoms with Gasteiger partial charge >= 0.3 is 0 Å². The first-order chi connectivity index (χ1) is 6.25. The van der Waals surface area contributed by atoms with Crippen LogP contribution >= 0.6 is 0 Å². The summed E-state index contributed by atoms with van der Waals surface area (Å²) in [5.41, 5.74) is 6.37. The van der Waals surface area contributed by atoms with E-state index in [2.05, 4.69) is 34.6 Å². The Morgan fingerprint density at radius 2 is 1.71 bits per heavy atom. The van der Waals surface area contributed by atoms with Crippen LogP contribution in [0.3, 0.4) is 0 Å². The molecule has 86 valence electrons. The molecule has 2 N–H and O–H groups in total. The molecule has 0 heterocycles. The summed E-state index contributed by atoms with van der Waals surface area (Å²) in [6.45, 7) is 10.9. The molecule has 0 amide bonds. The molecule has 0 aromatic carbocycles. The van der Waals surface area contributed by atoms with Gasteiger partial charge in [0.15, 0.2) is 0 Å². The van der Waals surface area contributed by atoms with E-state index in [-0.39, 0.29) is 17.1 Å². The van der Waals surface area contributed by atoms with Gasteiger partial charge in [0.2, 0.25) is 0 Å². The Morgan fingerprint density at radius 3 is 2.07 bits per heavy atom. The van der Waals surface area contributed by atoms with Crippen LogP contribution in [0.2, 0.25) is 0 Å². The lowest BCUT2D eigenvalue weighted by atomic mass is 9.79. The highest BCUT2D eigenvalue weighted by atomic mass is 16.5. The van der Waals surface area contributed by atoms with Crippen LogP contribution in [-0.4, -0.2) is 18.8 Å². The fraction of sp³-hybridized carbons (Fsp3) is 1.00. The van der Waals surface area contributed by atoms with Gasteiger partial charge < -0.3 is 10.5 Å². The maximum Gasteiger partial charge on any atom is 0.0623 e. The van der Waals surface area contributed by atoms with Crippen LogP contribution in [0.4, 0.5) is 0 Å². The van der Waals surface area contributed by atoms with E-state index in [1.807, 2.05) is 0 Å². The van der Waals surface area contributed by atoms with Gasteiger partial charge in [-0.2, -0.15) is 0 Å². The lowest BCUT2D eigenvalue weighted by Gasteiger charge is -2.33. The van der Waals surface area contributed by atoms with Crippen LogP contribution in [0.5, 0.6) is 0 Å². The molecule has 0 saturated carbocycles. The topological polar surface area (TPSA) is 35.2 Å². The Morgan fingerprint density at radius 1 is 1.21 bits per heavy atom. The average molecular weight is 201 g/mol. The molecule has 0 aromatic heterocycles. The summed E-state index contributed by atoms with van der Waals surface area (Å²) in [6.07, 6.45) is 3.18. The number of nitrogens with two attached hydrogens (primary N) is 1. The van der Waals surface area contributed by atoms with E-state index in [1.165, 1.54) is 0 Å². The predicted molar refractivity (Wildman–Crippen MR) is 62.4 cm³/mol. The van der Waals surface area contributed by atoms with Crippen LogP contribution in [-0.2, 0) is 4.74 Å². The van der Waals surface area contributed by atoms with Crippen molar-refractivity contribution >= 4 is 0 Å². The quantitative estimate of drug-likeness (QED) is 0.717. The van der Waals surface area contributed by atoms with Gasteiger partial charge in [0.05, 0.1) is 5.60 Å². The highest BCUT2D eigenvalue weighted by Crippen LogP contribution is 2.28. The average Bonchev–Trinajstić information content (AvgIpc) is 2.14. The summed E-state index contributed by atoms with van der Waals surface area (Å²) in [6, 6.07) is 0.266. The first-order valence-electron chi connectivity index (χ1n) is 5.56. The molecule has 14 heavy (non-hydrogen) atoms. The number of rotatable bonds is 6. The molecule has 0 aliphatic carbocycles. The minimum absolute atomic E-state index is 0.0402. The second-order valence-corrected chi connectivity index (χ2v) is 5.45. The Hall–Kier alpha value is -0.0800. The summed E-state index contributed by atoms with van der Waals surface area (Å²) in [7, 11) is 1.76. The van der Waals surface area contributed by atoms with E-state index in [4.69, 9.17) is 10.5 Å². The Labute approximate surface area is 89.2 Å². The standard InChI is InChI=1S/C12H27NO/c1-7-11(2,3)10(13)8-9-12(4,5)14-6/h10H,7-9,13H2,1-6H3. The normalized spacial score (nSPS) is 15.6. The van der Waals surface area contributed by atoms with Crippen LogP contribution < -0.4 is 5.73 Å². The first-order valence-corrected chi connectivity index (χ1v) is 5.56. The lowest BCUT2D eigenvalue weighted by Crippen LogP contribution is -2.38. The molecule has 0 radical (unpaired) electrons. The summed E-state index contributed by atoms with van der Waals surface area (Å²) in [5.74, 6) is 0. The Bertz CT molecular complexity index is 164. The molecule has 0 aliphatic heterocycles. The molecule has 0 spiro atoms. The zero-order valence-corrected chi connectivity index (χ0v) is 10.7. The second-order valence-electron chi connectivity index (χ2n) is 5.45. The largest absolute Gasteiger partial charge is 0.379 e. The highest BCUT2D eigenvalue weighted by Gasteiger charge is 2.26. The number of methoxy groups -OCH3 is 1. The fourth-order valence-corrected chi connectivity index (χ4v) is 1.26. The first kappa shape index (κ1) is 13.9. The van der Waals surface area contributed by atoms with Gasteiger partial charge in [-0.05, 0) is 38.5 Å². The zero-order valence-electron chi connectivity index (χ0n) is 10.7. The van der Waals surface area contributed by atoms with E-state index in [9.17, 15) is 0 Å². The molecule has 0 bridgehead atoms. The van der Waals surface area contributed by atoms with Gasteiger partial charge in [0.1, 0.15) is 0 Å². The van der Waals surface area contributed by atoms with Gasteiger partial charge in [-0.1, -0.05) is 20.8 Å². The van der Waals surface area contributed by atoms with Crippen molar-refractivity contribution in [1.29, 1.82) is 0 Å². The minimum atomic E-state index is -0.0402. The SMILES string of the molecule is CCC(C)(C)C(N)CCC(C)(C)OC. The second kappa shape index (κ2) is 5.13. The van der Waals surface area contributed by atoms with Crippen molar-refractivity contribution in [3.63, 3.8) is 0 Å². The van der Waals surface area contributed by atoms with Crippen LogP contribution in [0.15, 0.2) is 0 Å². The summed E-state index contributed by atoms with van der Waals surface area (Å²) >= 11 is 0. The van der Waals surface area contributed by atoms with Gasteiger partial charge in [-0.25, -0.2) is 0 Å². The molecule has 0 fully saturated rings. The van der Waals surface area contributed by atoms with Crippen LogP contribution in [0, 0.1) is 5.41 Å². The molecule has 0 aromatic rings. The fourth-order valence-electron chi connectivity index (χ4n) is 1.26. The highest BCUT2D eigenvalue weighted by molar-refractivity contribution is 4.82. The zero-order chi connectivity index (χ0) is 11.4. The van der Waals surface area contributed by atoms with Gasteiger partial charge in [0, 0.05) is 13.2 Å². The third-order valence-electron chi connectivity index (χ3n) is 3.52. The van der Waals surface area contributed by atoms with E-state index in [1.54, 1.807) is 7.11 Å². The van der Waals surface area contributed by atoms with Gasteiger partial charge in [-0.15, -0.1) is 0 Å². The van der Waals surface area contributed by atoms with Crippen LogP contribution in [0.25, 0.3) is 0 Å². The minimum Gasteiger partial charge on any atom is -0.379 e. The van der Waals surface area contributed by atoms with E-state index in [0.717, 1.165) is 19.3 Å². The Balaban J connectivity index is 4.02. The molecule has 2 heteroatoms. The third-order valence-corrected chi connectivity index (χ3v) is 3.52. The number of hydrogen-bond donors (Lipinski definition) is 1. The molecule has 1 atom stereocenters. The summed E-state index contributed by atoms with van der Waals surface area (Å²) in [4.78, 5) is 0. The van der Waals surface area contributed by atoms with Gasteiger partial charge in [0.25, 0.3) is 0 Å². The van der Waals surface area contributed by atoms with Crippen molar-refractivity contribution in [3.8, 4) is 0 Å². The van der Waals surface area contributed by atoms with Crippen molar-refractivity contribution in [2.45, 2.75) is 65.5 Å². The molecular formula is C12H27NO. The van der Waals surface area contributed by atoms with Crippen molar-refractivity contribution in [3.05, 3.63) is 0 Å². The van der Waals surface area contributed by atoms with Crippen molar-refractivity contribution in [1.82, 2.24) is 0 Å². The summed E-state index contributed by atoms with van der Waals surface area (Å²) < 4.78 is 5.38. The van der Waals surface area contributed by atoms with Crippen molar-refractivity contribution < 1.29 is 4.74 Å². The maximum atomic E-state index is 6.17. The predicted octanol–water partition coefficient (Wildman–Crippen LogP) is 2.96. The monoisotopic (exact) mass is 201 g/mol. The number of ether oxygens (including phenoxy) is 1. The maximum absolute atomic E-state index is 6.17. The van der Waals surface area contributed by atoms with E-state index >= 15 is 0 Å².